The monoisotopic (exact) mass is 488 g/mol. The second-order valence-electron chi connectivity index (χ2n) is 6.99. The molecule has 6 nitrogen and oxygen atoms in total. The molecule has 0 aliphatic carbocycles. The first-order chi connectivity index (χ1) is 14.0. The number of rotatable bonds is 4. The number of hydrogen-bond donors (Lipinski definition) is 2. The van der Waals surface area contributed by atoms with Gasteiger partial charge in [-0.15, -0.1) is 0 Å². The van der Waals surface area contributed by atoms with Gasteiger partial charge in [-0.25, -0.2) is 9.37 Å². The molecule has 0 bridgehead atoms. The predicted octanol–water partition coefficient (Wildman–Crippen LogP) is 4.09. The third kappa shape index (κ3) is 4.55. The number of carbonyl (C=O) groups is 2. The number of fused-ring (bicyclic) bond motifs is 1. The van der Waals surface area contributed by atoms with Crippen LogP contribution in [0.1, 0.15) is 41.5 Å². The Morgan fingerprint density at radius 2 is 2.03 bits per heavy atom. The molecule has 1 aromatic carbocycles. The largest absolute Gasteiger partial charge is 0.419 e. The van der Waals surface area contributed by atoms with E-state index >= 15 is 0 Å². The number of aromatic nitrogens is 1. The number of benzene rings is 1. The zero-order valence-corrected chi connectivity index (χ0v) is 17.4. The number of pyridine rings is 1. The summed E-state index contributed by atoms with van der Waals surface area (Å²) >= 11 is 3.21. The maximum Gasteiger partial charge on any atom is 0.419 e. The first-order valence-corrected chi connectivity index (χ1v) is 9.65. The lowest BCUT2D eigenvalue weighted by atomic mass is 10.0. The van der Waals surface area contributed by atoms with Crippen molar-refractivity contribution in [3.05, 3.63) is 57.4 Å². The van der Waals surface area contributed by atoms with E-state index in [-0.39, 0.29) is 23.0 Å². The molecular weight excluding hydrogens is 472 g/mol. The minimum atomic E-state index is -4.92. The molecule has 1 atom stereocenters. The normalized spacial score (nSPS) is 16.3. The Morgan fingerprint density at radius 1 is 1.33 bits per heavy atom. The first kappa shape index (κ1) is 22.0. The van der Waals surface area contributed by atoms with E-state index in [0.29, 0.717) is 16.6 Å². The fourth-order valence-corrected chi connectivity index (χ4v) is 3.41. The van der Waals surface area contributed by atoms with E-state index in [1.807, 2.05) is 0 Å². The van der Waals surface area contributed by atoms with E-state index in [1.165, 1.54) is 12.3 Å². The number of amides is 2. The van der Waals surface area contributed by atoms with Gasteiger partial charge in [0, 0.05) is 16.7 Å². The molecule has 2 aromatic rings. The molecule has 1 aliphatic rings. The van der Waals surface area contributed by atoms with Crippen molar-refractivity contribution in [2.45, 2.75) is 32.2 Å². The first-order valence-electron chi connectivity index (χ1n) is 8.86. The molecule has 30 heavy (non-hydrogen) atoms. The number of nitrogens with one attached hydrogen (secondary N) is 2. The highest BCUT2D eigenvalue weighted by Crippen LogP contribution is 2.37. The van der Waals surface area contributed by atoms with E-state index in [1.54, 1.807) is 13.8 Å². The van der Waals surface area contributed by atoms with Crippen molar-refractivity contribution in [3.63, 3.8) is 0 Å². The van der Waals surface area contributed by atoms with Crippen molar-refractivity contribution < 1.29 is 27.2 Å². The Labute approximate surface area is 177 Å². The highest BCUT2D eigenvalue weighted by molar-refractivity contribution is 9.10. The van der Waals surface area contributed by atoms with Gasteiger partial charge in [-0.05, 0) is 53.5 Å². The third-order valence-electron chi connectivity index (χ3n) is 4.31. The van der Waals surface area contributed by atoms with Crippen LogP contribution in [0.15, 0.2) is 34.9 Å². The Balaban J connectivity index is 2.06. The van der Waals surface area contributed by atoms with Crippen LogP contribution in [-0.4, -0.2) is 34.3 Å². The molecule has 1 aromatic heterocycles. The Hall–Kier alpha value is -2.69. The van der Waals surface area contributed by atoms with Gasteiger partial charge in [0.2, 0.25) is 5.91 Å². The topological polar surface area (TPSA) is 74.3 Å². The summed E-state index contributed by atoms with van der Waals surface area (Å²) in [6, 6.07) is 3.73. The molecule has 1 unspecified atom stereocenters. The molecular formula is C19H17BrF4N4O2. The van der Waals surface area contributed by atoms with E-state index in [0.717, 1.165) is 11.0 Å². The van der Waals surface area contributed by atoms with Crippen LogP contribution in [0, 0.1) is 5.82 Å². The number of anilines is 1. The van der Waals surface area contributed by atoms with Crippen molar-refractivity contribution in [2.75, 3.05) is 11.9 Å². The van der Waals surface area contributed by atoms with Gasteiger partial charge in [-0.3, -0.25) is 9.59 Å². The highest BCUT2D eigenvalue weighted by Gasteiger charge is 2.38. The van der Waals surface area contributed by atoms with E-state index in [4.69, 9.17) is 0 Å². The zero-order chi connectivity index (χ0) is 22.2. The summed E-state index contributed by atoms with van der Waals surface area (Å²) in [5, 5.41) is 5.52. The van der Waals surface area contributed by atoms with Gasteiger partial charge < -0.3 is 15.5 Å². The lowest BCUT2D eigenvalue weighted by molar-refractivity contribution is -0.140. The van der Waals surface area contributed by atoms with Gasteiger partial charge >= 0.3 is 6.18 Å². The van der Waals surface area contributed by atoms with Gasteiger partial charge in [0.05, 0.1) is 11.1 Å². The average Bonchev–Trinajstić information content (AvgIpc) is 2.63. The molecule has 11 heteroatoms. The number of hydrogen-bond acceptors (Lipinski definition) is 4. The van der Waals surface area contributed by atoms with Gasteiger partial charge in [-0.2, -0.15) is 13.2 Å². The maximum absolute atomic E-state index is 13.7. The van der Waals surface area contributed by atoms with Crippen LogP contribution in [0.5, 0.6) is 0 Å². The van der Waals surface area contributed by atoms with E-state index < -0.39 is 42.1 Å². The smallest absolute Gasteiger partial charge is 0.352 e. The Bertz CT molecular complexity index is 997. The molecule has 2 amide bonds. The van der Waals surface area contributed by atoms with E-state index in [9.17, 15) is 27.2 Å². The van der Waals surface area contributed by atoms with Crippen LogP contribution in [0.4, 0.5) is 23.4 Å². The van der Waals surface area contributed by atoms with Crippen LogP contribution in [0.25, 0.3) is 0 Å². The van der Waals surface area contributed by atoms with Crippen LogP contribution in [0.2, 0.25) is 0 Å². The van der Waals surface area contributed by atoms with Crippen molar-refractivity contribution in [1.29, 1.82) is 0 Å². The molecule has 0 fully saturated rings. The van der Waals surface area contributed by atoms with Gasteiger partial charge in [-0.1, -0.05) is 6.07 Å². The fraction of sp³-hybridized carbons (Fsp3) is 0.316. The molecule has 2 N–H and O–H groups in total. The standard InChI is InChI=1S/C19H17BrF4N4O2/c1-9(2)26-15(29)8-28-17(10-3-4-14(21)13(5-10)19(22,23)24)27-16-12(18(28)30)6-11(20)7-25-16/h3-7,9,17H,8H2,1-2H3,(H,25,27)(H,26,29). The van der Waals surface area contributed by atoms with Crippen LogP contribution >= 0.6 is 15.9 Å². The summed E-state index contributed by atoms with van der Waals surface area (Å²) in [4.78, 5) is 30.6. The number of nitrogens with zero attached hydrogens (tertiary/aromatic N) is 2. The van der Waals surface area contributed by atoms with Crippen molar-refractivity contribution in [2.24, 2.45) is 0 Å². The Kier molecular flexibility index (Phi) is 6.02. The summed E-state index contributed by atoms with van der Waals surface area (Å²) in [5.74, 6) is -2.37. The number of alkyl halides is 3. The second kappa shape index (κ2) is 8.21. The van der Waals surface area contributed by atoms with Crippen molar-refractivity contribution in [1.82, 2.24) is 15.2 Å². The molecule has 0 radical (unpaired) electrons. The van der Waals surface area contributed by atoms with Gasteiger partial charge in [0.15, 0.2) is 0 Å². The fourth-order valence-electron chi connectivity index (χ4n) is 3.08. The van der Waals surface area contributed by atoms with Crippen LogP contribution < -0.4 is 10.6 Å². The SMILES string of the molecule is CC(C)NC(=O)CN1C(=O)c2cc(Br)cnc2NC1c1ccc(F)c(C(F)(F)F)c1. The molecule has 2 heterocycles. The molecule has 0 saturated carbocycles. The maximum atomic E-state index is 13.7. The van der Waals surface area contributed by atoms with Gasteiger partial charge in [0.25, 0.3) is 5.91 Å². The van der Waals surface area contributed by atoms with Crippen molar-refractivity contribution >= 4 is 33.6 Å². The quantitative estimate of drug-likeness (QED) is 0.635. The molecule has 1 aliphatic heterocycles. The molecule has 3 rings (SSSR count). The van der Waals surface area contributed by atoms with E-state index in [2.05, 4.69) is 31.5 Å². The zero-order valence-electron chi connectivity index (χ0n) is 15.8. The highest BCUT2D eigenvalue weighted by atomic mass is 79.9. The summed E-state index contributed by atoms with van der Waals surface area (Å²) in [5.41, 5.74) is -1.35. The second-order valence-corrected chi connectivity index (χ2v) is 7.90. The number of halogens is 5. The number of carbonyl (C=O) groups excluding carboxylic acids is 2. The summed E-state index contributed by atoms with van der Waals surface area (Å²) in [6.45, 7) is 3.05. The molecule has 160 valence electrons. The predicted molar refractivity (Wildman–Crippen MR) is 104 cm³/mol. The molecule has 0 spiro atoms. The average molecular weight is 489 g/mol. The molecule has 0 saturated heterocycles. The lowest BCUT2D eigenvalue weighted by Crippen LogP contribution is -2.49. The third-order valence-corrected chi connectivity index (χ3v) is 4.74. The summed E-state index contributed by atoms with van der Waals surface area (Å²) < 4.78 is 53.8. The van der Waals surface area contributed by atoms with Crippen molar-refractivity contribution in [3.8, 4) is 0 Å². The lowest BCUT2D eigenvalue weighted by Gasteiger charge is -2.37. The summed E-state index contributed by atoms with van der Waals surface area (Å²) in [6.07, 6.45) is -4.65. The van der Waals surface area contributed by atoms with Gasteiger partial charge in [0.1, 0.15) is 24.3 Å². The minimum Gasteiger partial charge on any atom is -0.352 e. The van der Waals surface area contributed by atoms with Crippen LogP contribution in [-0.2, 0) is 11.0 Å². The summed E-state index contributed by atoms with van der Waals surface area (Å²) in [7, 11) is 0. The minimum absolute atomic E-state index is 0.0372. The van der Waals surface area contributed by atoms with Crippen LogP contribution in [0.3, 0.4) is 0 Å². The Morgan fingerprint density at radius 3 is 2.67 bits per heavy atom.